The van der Waals surface area contributed by atoms with Crippen molar-refractivity contribution in [3.05, 3.63) is 63.1 Å². The Labute approximate surface area is 198 Å². The highest BCUT2D eigenvalue weighted by Crippen LogP contribution is 2.24. The third-order valence-electron chi connectivity index (χ3n) is 4.42. The summed E-state index contributed by atoms with van der Waals surface area (Å²) >= 11 is 18.2. The molecule has 0 saturated heterocycles. The van der Waals surface area contributed by atoms with Gasteiger partial charge in [-0.25, -0.2) is 0 Å². The Morgan fingerprint density at radius 1 is 1.03 bits per heavy atom. The first kappa shape index (κ1) is 25.3. The summed E-state index contributed by atoms with van der Waals surface area (Å²) in [7, 11) is 0. The SMILES string of the molecule is CCC(C(=O)NC(C)(C)C)N(Cc1ccc(Cl)cc1Cl)C(=O)COc1ccc(Cl)cc1. The lowest BCUT2D eigenvalue weighted by molar-refractivity contribution is -0.143. The number of hydrogen-bond acceptors (Lipinski definition) is 3. The first-order valence-electron chi connectivity index (χ1n) is 9.94. The van der Waals surface area contributed by atoms with E-state index >= 15 is 0 Å². The molecule has 31 heavy (non-hydrogen) atoms. The van der Waals surface area contributed by atoms with Crippen LogP contribution in [0.5, 0.6) is 5.75 Å². The van der Waals surface area contributed by atoms with Crippen LogP contribution in [-0.4, -0.2) is 34.9 Å². The number of carbonyl (C=O) groups is 2. The Bertz CT molecular complexity index is 911. The number of nitrogens with zero attached hydrogens (tertiary/aromatic N) is 1. The number of nitrogens with one attached hydrogen (secondary N) is 1. The zero-order chi connectivity index (χ0) is 23.2. The van der Waals surface area contributed by atoms with E-state index in [9.17, 15) is 9.59 Å². The Morgan fingerprint density at radius 3 is 2.19 bits per heavy atom. The summed E-state index contributed by atoms with van der Waals surface area (Å²) in [4.78, 5) is 27.6. The summed E-state index contributed by atoms with van der Waals surface area (Å²) < 4.78 is 5.63. The molecule has 0 fully saturated rings. The summed E-state index contributed by atoms with van der Waals surface area (Å²) in [6.07, 6.45) is 0.430. The van der Waals surface area contributed by atoms with Crippen molar-refractivity contribution in [3.63, 3.8) is 0 Å². The van der Waals surface area contributed by atoms with E-state index in [1.165, 1.54) is 4.90 Å². The van der Waals surface area contributed by atoms with Crippen molar-refractivity contribution in [1.82, 2.24) is 10.2 Å². The highest BCUT2D eigenvalue weighted by molar-refractivity contribution is 6.35. The lowest BCUT2D eigenvalue weighted by Gasteiger charge is -2.33. The van der Waals surface area contributed by atoms with Gasteiger partial charge >= 0.3 is 0 Å². The van der Waals surface area contributed by atoms with Crippen LogP contribution >= 0.6 is 34.8 Å². The second-order valence-corrected chi connectivity index (χ2v) is 9.44. The van der Waals surface area contributed by atoms with E-state index in [-0.39, 0.29) is 25.0 Å². The molecule has 2 aromatic rings. The molecule has 168 valence electrons. The summed E-state index contributed by atoms with van der Waals surface area (Å²) in [6.45, 7) is 7.45. The van der Waals surface area contributed by atoms with Crippen LogP contribution in [0, 0.1) is 0 Å². The molecule has 0 saturated carbocycles. The highest BCUT2D eigenvalue weighted by Gasteiger charge is 2.31. The molecule has 2 amide bonds. The van der Waals surface area contributed by atoms with Crippen molar-refractivity contribution >= 4 is 46.6 Å². The molecule has 1 N–H and O–H groups in total. The molecule has 8 heteroatoms. The molecule has 0 aliphatic carbocycles. The van der Waals surface area contributed by atoms with Crippen LogP contribution in [0.1, 0.15) is 39.7 Å². The van der Waals surface area contributed by atoms with Crippen LogP contribution in [0.3, 0.4) is 0 Å². The second-order valence-electron chi connectivity index (χ2n) is 8.16. The van der Waals surface area contributed by atoms with Gasteiger partial charge in [-0.3, -0.25) is 9.59 Å². The smallest absolute Gasteiger partial charge is 0.261 e. The summed E-state index contributed by atoms with van der Waals surface area (Å²) in [5.41, 5.74) is 0.254. The van der Waals surface area contributed by atoms with Gasteiger partial charge in [0.1, 0.15) is 11.8 Å². The molecule has 0 aliphatic rings. The Balaban J connectivity index is 2.27. The molecule has 0 spiro atoms. The predicted octanol–water partition coefficient (Wildman–Crippen LogP) is 5.75. The Hall–Kier alpha value is -1.95. The van der Waals surface area contributed by atoms with Gasteiger partial charge in [0.15, 0.2) is 6.61 Å². The minimum Gasteiger partial charge on any atom is -0.484 e. The summed E-state index contributed by atoms with van der Waals surface area (Å²) in [6, 6.07) is 11.1. The van der Waals surface area contributed by atoms with Crippen molar-refractivity contribution in [2.45, 2.75) is 52.2 Å². The van der Waals surface area contributed by atoms with Gasteiger partial charge in [0, 0.05) is 27.2 Å². The number of ether oxygens (including phenoxy) is 1. The Morgan fingerprint density at radius 2 is 1.65 bits per heavy atom. The quantitative estimate of drug-likeness (QED) is 0.518. The van der Waals surface area contributed by atoms with Crippen molar-refractivity contribution in [1.29, 1.82) is 0 Å². The molecule has 0 heterocycles. The maximum atomic E-state index is 13.2. The number of hydrogen-bond donors (Lipinski definition) is 1. The minimum atomic E-state index is -0.688. The van der Waals surface area contributed by atoms with Gasteiger partial charge < -0.3 is 15.0 Å². The fourth-order valence-electron chi connectivity index (χ4n) is 2.96. The molecule has 0 bridgehead atoms. The van der Waals surface area contributed by atoms with Gasteiger partial charge in [-0.05, 0) is 69.2 Å². The highest BCUT2D eigenvalue weighted by atomic mass is 35.5. The number of halogens is 3. The van der Waals surface area contributed by atoms with E-state index in [2.05, 4.69) is 5.32 Å². The molecule has 5 nitrogen and oxygen atoms in total. The van der Waals surface area contributed by atoms with E-state index in [0.29, 0.717) is 32.8 Å². The number of benzene rings is 2. The fraction of sp³-hybridized carbons (Fsp3) is 0.391. The van der Waals surface area contributed by atoms with Crippen molar-refractivity contribution < 1.29 is 14.3 Å². The standard InChI is InChI=1S/C23H27Cl3N2O3/c1-5-20(22(30)27-23(2,3)4)28(13-15-6-7-17(25)12-19(15)26)21(29)14-31-18-10-8-16(24)9-11-18/h6-12,20H,5,13-14H2,1-4H3,(H,27,30). The van der Waals surface area contributed by atoms with Gasteiger partial charge in [0.05, 0.1) is 0 Å². The molecular weight excluding hydrogens is 459 g/mol. The maximum Gasteiger partial charge on any atom is 0.261 e. The van der Waals surface area contributed by atoms with Gasteiger partial charge in [0.25, 0.3) is 5.91 Å². The lowest BCUT2D eigenvalue weighted by Crippen LogP contribution is -2.54. The number of amides is 2. The second kappa shape index (κ2) is 11.1. The topological polar surface area (TPSA) is 58.6 Å². The predicted molar refractivity (Wildman–Crippen MR) is 126 cm³/mol. The zero-order valence-corrected chi connectivity index (χ0v) is 20.3. The van der Waals surface area contributed by atoms with Crippen molar-refractivity contribution in [3.8, 4) is 5.75 Å². The number of rotatable bonds is 8. The average Bonchev–Trinajstić information content (AvgIpc) is 2.67. The van der Waals surface area contributed by atoms with Crippen LogP contribution in [0.25, 0.3) is 0 Å². The molecule has 0 aromatic heterocycles. The average molecular weight is 486 g/mol. The molecule has 2 rings (SSSR count). The van der Waals surface area contributed by atoms with E-state index in [1.807, 2.05) is 27.7 Å². The van der Waals surface area contributed by atoms with Gasteiger partial charge in [-0.1, -0.05) is 47.8 Å². The molecule has 0 radical (unpaired) electrons. The third-order valence-corrected chi connectivity index (χ3v) is 5.25. The fourth-order valence-corrected chi connectivity index (χ4v) is 3.56. The van der Waals surface area contributed by atoms with E-state index < -0.39 is 11.6 Å². The van der Waals surface area contributed by atoms with Gasteiger partial charge in [0.2, 0.25) is 5.91 Å². The number of carbonyl (C=O) groups excluding carboxylic acids is 2. The molecular formula is C23H27Cl3N2O3. The van der Waals surface area contributed by atoms with E-state index in [0.717, 1.165) is 0 Å². The molecule has 1 atom stereocenters. The van der Waals surface area contributed by atoms with Crippen LogP contribution in [-0.2, 0) is 16.1 Å². The van der Waals surface area contributed by atoms with Gasteiger partial charge in [-0.2, -0.15) is 0 Å². The first-order chi connectivity index (χ1) is 14.5. The van der Waals surface area contributed by atoms with Gasteiger partial charge in [-0.15, -0.1) is 0 Å². The van der Waals surface area contributed by atoms with Crippen molar-refractivity contribution in [2.75, 3.05) is 6.61 Å². The van der Waals surface area contributed by atoms with Crippen LogP contribution < -0.4 is 10.1 Å². The van der Waals surface area contributed by atoms with Crippen LogP contribution in [0.4, 0.5) is 0 Å². The van der Waals surface area contributed by atoms with Crippen LogP contribution in [0.2, 0.25) is 15.1 Å². The lowest BCUT2D eigenvalue weighted by atomic mass is 10.1. The first-order valence-corrected chi connectivity index (χ1v) is 11.1. The third kappa shape index (κ3) is 7.91. The summed E-state index contributed by atoms with van der Waals surface area (Å²) in [5.74, 6) is -0.0637. The summed E-state index contributed by atoms with van der Waals surface area (Å²) in [5, 5.41) is 4.45. The van der Waals surface area contributed by atoms with Crippen molar-refractivity contribution in [2.24, 2.45) is 0 Å². The van der Waals surface area contributed by atoms with E-state index in [4.69, 9.17) is 39.5 Å². The maximum absolute atomic E-state index is 13.2. The normalized spacial score (nSPS) is 12.2. The monoisotopic (exact) mass is 484 g/mol. The van der Waals surface area contributed by atoms with E-state index in [1.54, 1.807) is 42.5 Å². The minimum absolute atomic E-state index is 0.148. The largest absolute Gasteiger partial charge is 0.484 e. The molecule has 0 aliphatic heterocycles. The zero-order valence-electron chi connectivity index (χ0n) is 18.0. The molecule has 2 aromatic carbocycles. The van der Waals surface area contributed by atoms with Crippen LogP contribution in [0.15, 0.2) is 42.5 Å². The Kier molecular flexibility index (Phi) is 9.04. The molecule has 1 unspecified atom stereocenters.